The van der Waals surface area contributed by atoms with Crippen LogP contribution >= 0.6 is 0 Å². The van der Waals surface area contributed by atoms with Crippen molar-refractivity contribution in [3.05, 3.63) is 36.0 Å². The van der Waals surface area contributed by atoms with Gasteiger partial charge in [0.25, 0.3) is 0 Å². The van der Waals surface area contributed by atoms with E-state index in [1.807, 2.05) is 26.8 Å². The number of allylic oxidation sites excluding steroid dienone is 2. The van der Waals surface area contributed by atoms with Crippen molar-refractivity contribution in [2.75, 3.05) is 0 Å². The molecule has 0 bridgehead atoms. The number of hydrogen-bond donors (Lipinski definition) is 2. The highest BCUT2D eigenvalue weighted by Gasteiger charge is 2.76. The number of Topliss-reactive ketones (excluding diaryl/α,β-unsaturated/α-hetero) is 2. The molecule has 4 nitrogen and oxygen atoms in total. The molecule has 0 spiro atoms. The third-order valence-electron chi connectivity index (χ3n) is 12.5. The maximum Gasteiger partial charge on any atom is 0.162 e. The number of hydrogen-bond acceptors (Lipinski definition) is 4. The van der Waals surface area contributed by atoms with E-state index in [1.54, 1.807) is 0 Å². The molecule has 37 heavy (non-hydrogen) atoms. The van der Waals surface area contributed by atoms with E-state index in [0.29, 0.717) is 12.0 Å². The Labute approximate surface area is 224 Å². The first-order valence-corrected chi connectivity index (χ1v) is 14.2. The van der Waals surface area contributed by atoms with E-state index in [9.17, 15) is 19.8 Å². The first-order valence-electron chi connectivity index (χ1n) is 14.2. The average molecular weight is 511 g/mol. The van der Waals surface area contributed by atoms with E-state index >= 15 is 0 Å². The SMILES string of the molecule is C=C(C=CC(C)(C)C)C(C)(O)C1CCC2(C)C1(C)CC(=O)C1(C)C3CC(=O)C(O)C(C)(C)C3=CCC12C. The second kappa shape index (κ2) is 8.01. The lowest BCUT2D eigenvalue weighted by atomic mass is 9.33. The fourth-order valence-electron chi connectivity index (χ4n) is 9.37. The van der Waals surface area contributed by atoms with Gasteiger partial charge in [0.05, 0.1) is 5.60 Å². The van der Waals surface area contributed by atoms with Crippen LogP contribution in [0, 0.1) is 44.3 Å². The Balaban J connectivity index is 1.82. The van der Waals surface area contributed by atoms with Gasteiger partial charge in [-0.05, 0) is 59.3 Å². The standard InChI is InChI=1S/C33H50O4/c1-20(12-15-27(2,3)4)33(11,37)24-14-17-30(8)29(24,7)19-25(35)32(10)22-18-23(34)26(36)28(5,6)21(22)13-16-31(30,32)9/h12-13,15,22,24,26,36-37H,1,14,16-19H2,2-11H3. The molecule has 4 heteroatoms. The zero-order chi connectivity index (χ0) is 28.2. The number of aliphatic hydroxyl groups is 2. The van der Waals surface area contributed by atoms with Crippen LogP contribution in [0.15, 0.2) is 36.0 Å². The molecule has 2 N–H and O–H groups in total. The lowest BCUT2D eigenvalue weighted by Crippen LogP contribution is -2.69. The number of carbonyl (C=O) groups is 2. The molecule has 0 saturated heterocycles. The zero-order valence-electron chi connectivity index (χ0n) is 24.9. The largest absolute Gasteiger partial charge is 0.385 e. The molecule has 4 aliphatic rings. The fourth-order valence-corrected chi connectivity index (χ4v) is 9.37. The van der Waals surface area contributed by atoms with Crippen LogP contribution in [0.3, 0.4) is 0 Å². The molecule has 0 heterocycles. The number of carbonyl (C=O) groups excluding carboxylic acids is 2. The number of fused-ring (bicyclic) bond motifs is 5. The first kappa shape index (κ1) is 28.5. The minimum absolute atomic E-state index is 0.0197. The van der Waals surface area contributed by atoms with Crippen LogP contribution < -0.4 is 0 Å². The van der Waals surface area contributed by atoms with Crippen molar-refractivity contribution >= 4 is 11.6 Å². The van der Waals surface area contributed by atoms with Gasteiger partial charge in [0.1, 0.15) is 11.9 Å². The molecular weight excluding hydrogens is 460 g/mol. The van der Waals surface area contributed by atoms with Gasteiger partial charge in [-0.2, -0.15) is 0 Å². The van der Waals surface area contributed by atoms with Crippen LogP contribution in [-0.2, 0) is 9.59 Å². The Morgan fingerprint density at radius 1 is 1.05 bits per heavy atom. The predicted molar refractivity (Wildman–Crippen MR) is 149 cm³/mol. The van der Waals surface area contributed by atoms with Gasteiger partial charge in [-0.3, -0.25) is 9.59 Å². The highest BCUT2D eigenvalue weighted by molar-refractivity contribution is 5.92. The maximum absolute atomic E-state index is 14.5. The second-order valence-corrected chi connectivity index (χ2v) is 15.6. The van der Waals surface area contributed by atoms with Crippen LogP contribution in [0.5, 0.6) is 0 Å². The summed E-state index contributed by atoms with van der Waals surface area (Å²) in [4.78, 5) is 27.5. The molecule has 8 atom stereocenters. The summed E-state index contributed by atoms with van der Waals surface area (Å²) in [6, 6.07) is 0. The van der Waals surface area contributed by atoms with Gasteiger partial charge < -0.3 is 10.2 Å². The summed E-state index contributed by atoms with van der Waals surface area (Å²) in [6.45, 7) is 25.4. The van der Waals surface area contributed by atoms with Crippen molar-refractivity contribution in [3.8, 4) is 0 Å². The Bertz CT molecular complexity index is 1100. The van der Waals surface area contributed by atoms with Crippen molar-refractivity contribution in [3.63, 3.8) is 0 Å². The summed E-state index contributed by atoms with van der Waals surface area (Å²) >= 11 is 0. The average Bonchev–Trinajstić information content (AvgIpc) is 3.04. The van der Waals surface area contributed by atoms with Gasteiger partial charge in [0.2, 0.25) is 0 Å². The highest BCUT2D eigenvalue weighted by Crippen LogP contribution is 2.79. The maximum atomic E-state index is 14.5. The Morgan fingerprint density at radius 2 is 1.65 bits per heavy atom. The first-order chi connectivity index (χ1) is 16.6. The quantitative estimate of drug-likeness (QED) is 0.331. The molecule has 0 aromatic heterocycles. The van der Waals surface area contributed by atoms with Gasteiger partial charge in [0, 0.05) is 29.6 Å². The Morgan fingerprint density at radius 3 is 2.22 bits per heavy atom. The lowest BCUT2D eigenvalue weighted by Gasteiger charge is -2.70. The smallest absolute Gasteiger partial charge is 0.162 e. The van der Waals surface area contributed by atoms with E-state index in [-0.39, 0.29) is 46.1 Å². The summed E-state index contributed by atoms with van der Waals surface area (Å²) in [5.74, 6) is -0.262. The van der Waals surface area contributed by atoms with Gasteiger partial charge in [-0.15, -0.1) is 0 Å². The normalized spacial score (nSPS) is 45.1. The minimum Gasteiger partial charge on any atom is -0.385 e. The third kappa shape index (κ3) is 3.46. The minimum atomic E-state index is -1.14. The topological polar surface area (TPSA) is 74.6 Å². The zero-order valence-corrected chi connectivity index (χ0v) is 24.9. The summed E-state index contributed by atoms with van der Waals surface area (Å²) in [5.41, 5.74) is -1.80. The third-order valence-corrected chi connectivity index (χ3v) is 12.5. The Kier molecular flexibility index (Phi) is 6.16. The molecule has 0 aromatic rings. The lowest BCUT2D eigenvalue weighted by molar-refractivity contribution is -0.207. The summed E-state index contributed by atoms with van der Waals surface area (Å²) < 4.78 is 0. The van der Waals surface area contributed by atoms with Crippen molar-refractivity contribution in [2.45, 2.75) is 113 Å². The van der Waals surface area contributed by atoms with Gasteiger partial charge in [0.15, 0.2) is 5.78 Å². The monoisotopic (exact) mass is 510 g/mol. The summed E-state index contributed by atoms with van der Waals surface area (Å²) in [5, 5.41) is 22.8. The number of rotatable bonds is 3. The van der Waals surface area contributed by atoms with Gasteiger partial charge in [-0.25, -0.2) is 0 Å². The molecule has 0 aromatic carbocycles. The number of aliphatic hydroxyl groups excluding tert-OH is 1. The van der Waals surface area contributed by atoms with Crippen molar-refractivity contribution in [2.24, 2.45) is 44.3 Å². The fraction of sp³-hybridized carbons (Fsp3) is 0.758. The van der Waals surface area contributed by atoms with E-state index in [2.05, 4.69) is 67.2 Å². The van der Waals surface area contributed by atoms with Crippen LogP contribution in [0.4, 0.5) is 0 Å². The van der Waals surface area contributed by atoms with E-state index < -0.39 is 27.9 Å². The van der Waals surface area contributed by atoms with Crippen molar-refractivity contribution < 1.29 is 19.8 Å². The van der Waals surface area contributed by atoms with Crippen molar-refractivity contribution in [1.29, 1.82) is 0 Å². The molecule has 4 rings (SSSR count). The molecule has 0 aliphatic heterocycles. The molecule has 0 amide bonds. The molecule has 206 valence electrons. The van der Waals surface area contributed by atoms with Crippen LogP contribution in [0.25, 0.3) is 0 Å². The Hall–Kier alpha value is -1.52. The summed E-state index contributed by atoms with van der Waals surface area (Å²) in [6.07, 6.45) is 8.35. The van der Waals surface area contributed by atoms with E-state index in [1.165, 1.54) is 0 Å². The van der Waals surface area contributed by atoms with Crippen LogP contribution in [0.1, 0.15) is 101 Å². The van der Waals surface area contributed by atoms with Gasteiger partial charge in [-0.1, -0.05) is 92.7 Å². The van der Waals surface area contributed by atoms with Crippen LogP contribution in [0.2, 0.25) is 0 Å². The highest BCUT2D eigenvalue weighted by atomic mass is 16.3. The predicted octanol–water partition coefficient (Wildman–Crippen LogP) is 6.61. The molecule has 4 aliphatic carbocycles. The van der Waals surface area contributed by atoms with Crippen molar-refractivity contribution in [1.82, 2.24) is 0 Å². The molecule has 0 radical (unpaired) electrons. The number of ketones is 2. The molecule has 3 fully saturated rings. The molecular formula is C33H50O4. The molecule has 3 saturated carbocycles. The van der Waals surface area contributed by atoms with E-state index in [0.717, 1.165) is 24.8 Å². The molecule has 8 unspecified atom stereocenters. The second-order valence-electron chi connectivity index (χ2n) is 15.6. The van der Waals surface area contributed by atoms with E-state index in [4.69, 9.17) is 0 Å². The summed E-state index contributed by atoms with van der Waals surface area (Å²) in [7, 11) is 0. The van der Waals surface area contributed by atoms with Gasteiger partial charge >= 0.3 is 0 Å². The van der Waals surface area contributed by atoms with Crippen LogP contribution in [-0.4, -0.2) is 33.5 Å².